The molecule has 0 saturated carbocycles. The molecule has 2 aromatic carbocycles. The van der Waals surface area contributed by atoms with Gasteiger partial charge in [0.15, 0.2) is 11.0 Å². The molecule has 1 N–H and O–H groups in total. The number of aromatic hydroxyl groups is 1. The first-order valence-electron chi connectivity index (χ1n) is 11.7. The SMILES string of the molecule is Cc1c(SC2C(=O)C[C@@](CCc3ccc(O)cc3)(C(C)C)OC2=O)cc(C(C)C)c2ncsc12. The number of aromatic nitrogens is 1. The largest absolute Gasteiger partial charge is 0.508 e. The van der Waals surface area contributed by atoms with E-state index in [2.05, 4.69) is 24.9 Å². The second-order valence-corrected chi connectivity index (χ2v) is 11.7. The number of cyclic esters (lactones) is 1. The summed E-state index contributed by atoms with van der Waals surface area (Å²) in [7, 11) is 0. The van der Waals surface area contributed by atoms with Gasteiger partial charge in [0.2, 0.25) is 0 Å². The lowest BCUT2D eigenvalue weighted by Gasteiger charge is -2.41. The van der Waals surface area contributed by atoms with Crippen molar-refractivity contribution in [2.45, 2.75) is 75.5 Å². The second kappa shape index (κ2) is 9.70. The Morgan fingerprint density at radius 1 is 1.21 bits per heavy atom. The summed E-state index contributed by atoms with van der Waals surface area (Å²) in [6.07, 6.45) is 1.44. The summed E-state index contributed by atoms with van der Waals surface area (Å²) < 4.78 is 7.19. The molecule has 180 valence electrons. The summed E-state index contributed by atoms with van der Waals surface area (Å²) in [5.41, 5.74) is 5.26. The van der Waals surface area contributed by atoms with Gasteiger partial charge in [-0.2, -0.15) is 0 Å². The van der Waals surface area contributed by atoms with Gasteiger partial charge in [0.1, 0.15) is 11.4 Å². The quantitative estimate of drug-likeness (QED) is 0.299. The fourth-order valence-corrected chi connectivity index (χ4v) is 6.51. The lowest BCUT2D eigenvalue weighted by Crippen LogP contribution is -2.52. The molecule has 4 rings (SSSR count). The molecular weight excluding hydrogens is 466 g/mol. The highest BCUT2D eigenvalue weighted by molar-refractivity contribution is 8.01. The number of Topliss-reactive ketones (excluding diaryl/α,β-unsaturated/α-hetero) is 1. The standard InChI is InChI=1S/C27H31NO4S2/c1-15(2)20-12-22(17(5)24-23(20)28-14-33-24)34-25-21(30)13-27(16(3)4,32-26(25)31)11-10-18-6-8-19(29)9-7-18/h6-9,12,14-16,25,29H,10-11,13H2,1-5H3/t25?,27-/m0/s1. The lowest BCUT2D eigenvalue weighted by molar-refractivity contribution is -0.176. The Kier molecular flexibility index (Phi) is 7.06. The predicted octanol–water partition coefficient (Wildman–Crippen LogP) is 6.44. The average molecular weight is 498 g/mol. The van der Waals surface area contributed by atoms with Gasteiger partial charge in [-0.15, -0.1) is 23.1 Å². The van der Waals surface area contributed by atoms with Crippen LogP contribution in [0, 0.1) is 12.8 Å². The molecule has 0 spiro atoms. The number of carbonyl (C=O) groups excluding carboxylic acids is 2. The van der Waals surface area contributed by atoms with E-state index < -0.39 is 16.8 Å². The molecule has 1 fully saturated rings. The highest BCUT2D eigenvalue weighted by Gasteiger charge is 2.49. The van der Waals surface area contributed by atoms with Crippen LogP contribution in [0.2, 0.25) is 0 Å². The summed E-state index contributed by atoms with van der Waals surface area (Å²) in [6.45, 7) is 10.3. The van der Waals surface area contributed by atoms with Crippen molar-refractivity contribution in [3.8, 4) is 5.75 Å². The van der Waals surface area contributed by atoms with E-state index in [-0.39, 0.29) is 29.8 Å². The van der Waals surface area contributed by atoms with E-state index in [1.807, 2.05) is 38.4 Å². The molecule has 3 aromatic rings. The number of esters is 1. The van der Waals surface area contributed by atoms with Crippen molar-refractivity contribution < 1.29 is 19.4 Å². The van der Waals surface area contributed by atoms with Crippen LogP contribution < -0.4 is 0 Å². The van der Waals surface area contributed by atoms with E-state index in [0.29, 0.717) is 12.8 Å². The van der Waals surface area contributed by atoms with E-state index in [9.17, 15) is 14.7 Å². The first kappa shape index (κ1) is 24.7. The van der Waals surface area contributed by atoms with E-state index in [1.165, 1.54) is 11.8 Å². The topological polar surface area (TPSA) is 76.5 Å². The van der Waals surface area contributed by atoms with Crippen molar-refractivity contribution in [2.24, 2.45) is 5.92 Å². The minimum atomic E-state index is -0.857. The molecule has 2 atom stereocenters. The number of thiazole rings is 1. The zero-order valence-electron chi connectivity index (χ0n) is 20.3. The number of rotatable bonds is 7. The van der Waals surface area contributed by atoms with Crippen LogP contribution in [0.15, 0.2) is 40.7 Å². The van der Waals surface area contributed by atoms with Gasteiger partial charge in [-0.1, -0.05) is 39.8 Å². The molecule has 0 bridgehead atoms. The van der Waals surface area contributed by atoms with Gasteiger partial charge < -0.3 is 9.84 Å². The number of hydrogen-bond donors (Lipinski definition) is 1. The van der Waals surface area contributed by atoms with Crippen LogP contribution in [0.3, 0.4) is 0 Å². The molecule has 5 nitrogen and oxygen atoms in total. The smallest absolute Gasteiger partial charge is 0.327 e. The van der Waals surface area contributed by atoms with E-state index >= 15 is 0 Å². The third-order valence-electron chi connectivity index (χ3n) is 6.81. The number of ether oxygens (including phenoxy) is 1. The molecule has 1 saturated heterocycles. The maximum atomic E-state index is 13.4. The summed E-state index contributed by atoms with van der Waals surface area (Å²) in [6, 6.07) is 9.10. The fraction of sp³-hybridized carbons (Fsp3) is 0.444. The van der Waals surface area contributed by atoms with Crippen LogP contribution in [-0.4, -0.2) is 32.7 Å². The third-order valence-corrected chi connectivity index (χ3v) is 9.13. The van der Waals surface area contributed by atoms with Crippen LogP contribution in [0.5, 0.6) is 5.75 Å². The van der Waals surface area contributed by atoms with Crippen LogP contribution in [-0.2, 0) is 20.7 Å². The number of aryl methyl sites for hydroxylation is 2. The Balaban J connectivity index is 1.56. The Hall–Kier alpha value is -2.38. The highest BCUT2D eigenvalue weighted by atomic mass is 32.2. The van der Waals surface area contributed by atoms with Crippen LogP contribution in [0.1, 0.15) is 63.1 Å². The van der Waals surface area contributed by atoms with Crippen molar-refractivity contribution in [2.75, 3.05) is 0 Å². The number of phenols is 1. The Bertz CT molecular complexity index is 1200. The minimum Gasteiger partial charge on any atom is -0.508 e. The Morgan fingerprint density at radius 3 is 2.53 bits per heavy atom. The van der Waals surface area contributed by atoms with Gasteiger partial charge in [0.25, 0.3) is 0 Å². The highest BCUT2D eigenvalue weighted by Crippen LogP contribution is 2.43. The zero-order valence-corrected chi connectivity index (χ0v) is 21.9. The molecule has 1 aromatic heterocycles. The van der Waals surface area contributed by atoms with Crippen molar-refractivity contribution in [3.63, 3.8) is 0 Å². The number of carbonyl (C=O) groups is 2. The van der Waals surface area contributed by atoms with Gasteiger partial charge in [0.05, 0.1) is 15.7 Å². The molecule has 1 unspecified atom stereocenters. The maximum Gasteiger partial charge on any atom is 0.327 e. The lowest BCUT2D eigenvalue weighted by atomic mass is 9.78. The third kappa shape index (κ3) is 4.73. The van der Waals surface area contributed by atoms with Crippen molar-refractivity contribution >= 4 is 45.1 Å². The first-order valence-corrected chi connectivity index (χ1v) is 13.4. The van der Waals surface area contributed by atoms with Crippen LogP contribution in [0.25, 0.3) is 10.2 Å². The molecular formula is C27H31NO4S2. The average Bonchev–Trinajstić information content (AvgIpc) is 3.27. The van der Waals surface area contributed by atoms with Crippen LogP contribution >= 0.6 is 23.1 Å². The number of nitrogens with zero attached hydrogens (tertiary/aromatic N) is 1. The summed E-state index contributed by atoms with van der Waals surface area (Å²) in [5.74, 6) is -0.0154. The van der Waals surface area contributed by atoms with E-state index in [0.717, 1.165) is 31.8 Å². The Morgan fingerprint density at radius 2 is 1.91 bits per heavy atom. The van der Waals surface area contributed by atoms with Crippen molar-refractivity contribution in [3.05, 3.63) is 52.5 Å². The second-order valence-electron chi connectivity index (χ2n) is 9.72. The normalized spacial score (nSPS) is 21.0. The number of phenolic OH excluding ortho intramolecular Hbond substituents is 1. The number of ketones is 1. The summed E-state index contributed by atoms with van der Waals surface area (Å²) >= 11 is 2.90. The molecule has 34 heavy (non-hydrogen) atoms. The summed E-state index contributed by atoms with van der Waals surface area (Å²) in [4.78, 5) is 32.1. The van der Waals surface area contributed by atoms with Gasteiger partial charge >= 0.3 is 5.97 Å². The fourth-order valence-electron chi connectivity index (χ4n) is 4.53. The van der Waals surface area contributed by atoms with Gasteiger partial charge in [0, 0.05) is 11.3 Å². The molecule has 7 heteroatoms. The predicted molar refractivity (Wildman–Crippen MR) is 138 cm³/mol. The monoisotopic (exact) mass is 497 g/mol. The molecule has 2 heterocycles. The number of thioether (sulfide) groups is 1. The molecule has 0 amide bonds. The molecule has 0 aliphatic carbocycles. The molecule has 0 radical (unpaired) electrons. The summed E-state index contributed by atoms with van der Waals surface area (Å²) in [5, 5.41) is 8.67. The minimum absolute atomic E-state index is 0.00582. The Labute approximate surface area is 208 Å². The van der Waals surface area contributed by atoms with Gasteiger partial charge in [-0.3, -0.25) is 9.59 Å². The van der Waals surface area contributed by atoms with Gasteiger partial charge in [-0.25, -0.2) is 4.98 Å². The number of benzene rings is 2. The van der Waals surface area contributed by atoms with Crippen molar-refractivity contribution in [1.82, 2.24) is 4.98 Å². The van der Waals surface area contributed by atoms with E-state index in [4.69, 9.17) is 4.74 Å². The van der Waals surface area contributed by atoms with Crippen molar-refractivity contribution in [1.29, 1.82) is 0 Å². The van der Waals surface area contributed by atoms with Gasteiger partial charge in [-0.05, 0) is 66.5 Å². The number of fused-ring (bicyclic) bond motifs is 1. The zero-order chi connectivity index (χ0) is 24.6. The molecule has 1 aliphatic heterocycles. The molecule has 1 aliphatic rings. The van der Waals surface area contributed by atoms with E-state index in [1.54, 1.807) is 23.5 Å². The number of hydrogen-bond acceptors (Lipinski definition) is 7. The van der Waals surface area contributed by atoms with Crippen LogP contribution in [0.4, 0.5) is 0 Å². The maximum absolute atomic E-state index is 13.4. The first-order chi connectivity index (χ1) is 16.1.